The van der Waals surface area contributed by atoms with Crippen molar-refractivity contribution in [3.8, 4) is 28.7 Å². The second-order valence-corrected chi connectivity index (χ2v) is 13.3. The van der Waals surface area contributed by atoms with Crippen LogP contribution in [0.25, 0.3) is 0 Å². The molecule has 0 heterocycles. The van der Waals surface area contributed by atoms with E-state index in [0.29, 0.717) is 73.1 Å². The lowest BCUT2D eigenvalue weighted by atomic mass is 10.1. The van der Waals surface area contributed by atoms with E-state index < -0.39 is 7.26 Å². The maximum Gasteiger partial charge on any atom is 0.188 e. The number of rotatable bonds is 14. The van der Waals surface area contributed by atoms with Gasteiger partial charge in [0.1, 0.15) is 24.1 Å². The minimum Gasteiger partial charge on any atom is -0.497 e. The van der Waals surface area contributed by atoms with E-state index in [1.165, 1.54) is 7.11 Å². The van der Waals surface area contributed by atoms with Gasteiger partial charge in [-0.3, -0.25) is 0 Å². The van der Waals surface area contributed by atoms with E-state index in [2.05, 4.69) is 0 Å². The second-order valence-electron chi connectivity index (χ2n) is 10.1. The summed E-state index contributed by atoms with van der Waals surface area (Å²) in [5.74, 6) is 2.27. The number of aliphatic hydroxyl groups is 4. The summed E-state index contributed by atoms with van der Waals surface area (Å²) >= 11 is 0. The SMILES string of the molecule is COc1cc(CO)c([P+](Cc2ccccc2)(c2c(CO)cc(OC)cc2OC)c2c(OC)cc(CO)cc2OC)c(CO)c1. The predicted octanol–water partition coefficient (Wildman–Crippen LogP) is 3.19. The van der Waals surface area contributed by atoms with Gasteiger partial charge in [0, 0.05) is 22.8 Å². The number of aliphatic hydroxyl groups excluding tert-OH is 4. The summed E-state index contributed by atoms with van der Waals surface area (Å²) < 4.78 is 29.3. The monoisotopic (exact) mass is 623 g/mol. The van der Waals surface area contributed by atoms with Gasteiger partial charge in [0.15, 0.2) is 27.9 Å². The van der Waals surface area contributed by atoms with Crippen molar-refractivity contribution in [3.05, 3.63) is 94.5 Å². The summed E-state index contributed by atoms with van der Waals surface area (Å²) in [4.78, 5) is 0. The zero-order chi connectivity index (χ0) is 31.9. The van der Waals surface area contributed by atoms with Crippen LogP contribution >= 0.6 is 7.26 Å². The Balaban J connectivity index is 2.41. The Morgan fingerprint density at radius 3 is 1.36 bits per heavy atom. The van der Waals surface area contributed by atoms with Gasteiger partial charge in [0.05, 0.1) is 68.1 Å². The van der Waals surface area contributed by atoms with Crippen molar-refractivity contribution in [3.63, 3.8) is 0 Å². The molecule has 4 rings (SSSR count). The molecule has 0 aliphatic rings. The van der Waals surface area contributed by atoms with Gasteiger partial charge in [0.25, 0.3) is 0 Å². The van der Waals surface area contributed by atoms with E-state index in [0.717, 1.165) is 5.56 Å². The van der Waals surface area contributed by atoms with Crippen LogP contribution in [0.3, 0.4) is 0 Å². The molecule has 0 aliphatic carbocycles. The first-order chi connectivity index (χ1) is 21.4. The van der Waals surface area contributed by atoms with Crippen LogP contribution in [0, 0.1) is 0 Å². The smallest absolute Gasteiger partial charge is 0.188 e. The van der Waals surface area contributed by atoms with E-state index in [1.54, 1.807) is 64.8 Å². The van der Waals surface area contributed by atoms with Crippen LogP contribution in [-0.2, 0) is 32.6 Å². The molecule has 4 N–H and O–H groups in total. The molecular weight excluding hydrogens is 583 g/mol. The minimum absolute atomic E-state index is 0.253. The molecule has 0 bridgehead atoms. The van der Waals surface area contributed by atoms with Gasteiger partial charge < -0.3 is 44.1 Å². The topological polar surface area (TPSA) is 127 Å². The molecule has 0 aliphatic heterocycles. The largest absolute Gasteiger partial charge is 0.497 e. The lowest BCUT2D eigenvalue weighted by Crippen LogP contribution is -2.40. The summed E-state index contributed by atoms with van der Waals surface area (Å²) in [7, 11) is 4.47. The third-order valence-corrected chi connectivity index (χ3v) is 12.4. The van der Waals surface area contributed by atoms with Crippen molar-refractivity contribution in [1.29, 1.82) is 0 Å². The summed E-state index contributed by atoms with van der Waals surface area (Å²) in [6.07, 6.45) is 0.362. The minimum atomic E-state index is -3.24. The Kier molecular flexibility index (Phi) is 11.1. The number of methoxy groups -OCH3 is 5. The molecule has 4 aromatic rings. The van der Waals surface area contributed by atoms with Crippen LogP contribution in [0.15, 0.2) is 66.7 Å². The Hall–Kier alpha value is -3.85. The lowest BCUT2D eigenvalue weighted by Gasteiger charge is -2.34. The molecule has 44 heavy (non-hydrogen) atoms. The van der Waals surface area contributed by atoms with Crippen molar-refractivity contribution in [2.24, 2.45) is 0 Å². The summed E-state index contributed by atoms with van der Waals surface area (Å²) in [5, 5.41) is 44.9. The molecule has 0 saturated carbocycles. The van der Waals surface area contributed by atoms with Crippen LogP contribution < -0.4 is 39.6 Å². The standard InChI is InChI=1S/C34H40O9P/c1-39-27-13-24(18-36)32(25(14-27)19-37)44(21-22-9-7-6-8-10-22,33-26(20-38)15-28(40-2)16-31(33)43-5)34-29(41-3)11-23(17-35)12-30(34)42-4/h6-16,35-38H,17-21H2,1-5H3/q+1. The fraction of sp³-hybridized carbons (Fsp3) is 0.294. The first kappa shape index (κ1) is 33.1. The molecule has 9 nitrogen and oxygen atoms in total. The first-order valence-electron chi connectivity index (χ1n) is 14.0. The maximum absolute atomic E-state index is 10.9. The molecule has 4 aromatic carbocycles. The molecule has 234 valence electrons. The lowest BCUT2D eigenvalue weighted by molar-refractivity contribution is 0.276. The average molecular weight is 624 g/mol. The van der Waals surface area contributed by atoms with Crippen molar-refractivity contribution < 1.29 is 44.1 Å². The van der Waals surface area contributed by atoms with Crippen LogP contribution in [0.1, 0.15) is 27.8 Å². The van der Waals surface area contributed by atoms with E-state index in [4.69, 9.17) is 23.7 Å². The van der Waals surface area contributed by atoms with Gasteiger partial charge in [-0.1, -0.05) is 30.3 Å². The molecule has 0 radical (unpaired) electrons. The highest BCUT2D eigenvalue weighted by molar-refractivity contribution is 7.95. The van der Waals surface area contributed by atoms with E-state index in [-0.39, 0.29) is 26.4 Å². The Bertz CT molecular complexity index is 1340. The van der Waals surface area contributed by atoms with Crippen LogP contribution in [0.4, 0.5) is 0 Å². The summed E-state index contributed by atoms with van der Waals surface area (Å²) in [5.41, 5.74) is 3.10. The molecule has 1 unspecified atom stereocenters. The number of benzene rings is 4. The Morgan fingerprint density at radius 1 is 0.477 bits per heavy atom. The fourth-order valence-electron chi connectivity index (χ4n) is 5.89. The first-order valence-corrected chi connectivity index (χ1v) is 15.9. The molecule has 0 amide bonds. The molecule has 0 fully saturated rings. The zero-order valence-electron chi connectivity index (χ0n) is 25.7. The van der Waals surface area contributed by atoms with Gasteiger partial charge in [-0.25, -0.2) is 0 Å². The van der Waals surface area contributed by atoms with Gasteiger partial charge in [0.2, 0.25) is 0 Å². The second kappa shape index (κ2) is 14.8. The van der Waals surface area contributed by atoms with Gasteiger partial charge in [-0.15, -0.1) is 0 Å². The molecule has 0 spiro atoms. The van der Waals surface area contributed by atoms with Crippen molar-refractivity contribution in [1.82, 2.24) is 0 Å². The third kappa shape index (κ3) is 6.07. The number of hydrogen-bond donors (Lipinski definition) is 4. The van der Waals surface area contributed by atoms with Crippen LogP contribution in [-0.4, -0.2) is 56.0 Å². The van der Waals surface area contributed by atoms with E-state index in [9.17, 15) is 20.4 Å². The number of hydrogen-bond acceptors (Lipinski definition) is 9. The molecule has 0 aromatic heterocycles. The van der Waals surface area contributed by atoms with Gasteiger partial charge in [-0.2, -0.15) is 0 Å². The highest BCUT2D eigenvalue weighted by Crippen LogP contribution is 2.65. The van der Waals surface area contributed by atoms with Crippen molar-refractivity contribution in [2.45, 2.75) is 32.6 Å². The fourth-order valence-corrected chi connectivity index (χ4v) is 11.3. The normalized spacial score (nSPS) is 12.4. The predicted molar refractivity (Wildman–Crippen MR) is 172 cm³/mol. The Morgan fingerprint density at radius 2 is 0.932 bits per heavy atom. The number of ether oxygens (including phenoxy) is 5. The molecular formula is C34H40O9P+. The molecule has 0 saturated heterocycles. The Labute approximate surface area is 258 Å². The van der Waals surface area contributed by atoms with Gasteiger partial charge in [-0.05, 0) is 41.5 Å². The summed E-state index contributed by atoms with van der Waals surface area (Å²) in [6.45, 7) is -1.36. The average Bonchev–Trinajstić information content (AvgIpc) is 3.09. The van der Waals surface area contributed by atoms with E-state index in [1.807, 2.05) is 30.3 Å². The quantitative estimate of drug-likeness (QED) is 0.157. The van der Waals surface area contributed by atoms with Crippen LogP contribution in [0.5, 0.6) is 28.7 Å². The van der Waals surface area contributed by atoms with Crippen LogP contribution in [0.2, 0.25) is 0 Å². The van der Waals surface area contributed by atoms with E-state index >= 15 is 0 Å². The summed E-state index contributed by atoms with van der Waals surface area (Å²) in [6, 6.07) is 20.4. The van der Waals surface area contributed by atoms with Crippen molar-refractivity contribution >= 4 is 23.2 Å². The van der Waals surface area contributed by atoms with Gasteiger partial charge >= 0.3 is 0 Å². The molecule has 1 atom stereocenters. The molecule has 10 heteroatoms. The highest BCUT2D eigenvalue weighted by atomic mass is 31.2. The highest BCUT2D eigenvalue weighted by Gasteiger charge is 2.56. The zero-order valence-corrected chi connectivity index (χ0v) is 26.6. The third-order valence-electron chi connectivity index (χ3n) is 7.70. The maximum atomic E-state index is 10.9. The van der Waals surface area contributed by atoms with Crippen molar-refractivity contribution in [2.75, 3.05) is 35.5 Å².